The average Bonchev–Trinajstić information content (AvgIpc) is 2.85. The summed E-state index contributed by atoms with van der Waals surface area (Å²) in [6, 6.07) is 7.74. The smallest absolute Gasteiger partial charge is 0.144 e. The molecule has 0 aliphatic heterocycles. The zero-order valence-corrected chi connectivity index (χ0v) is 14.2. The minimum atomic E-state index is 0.562. The van der Waals surface area contributed by atoms with Crippen LogP contribution in [0, 0.1) is 17.4 Å². The molecule has 5 nitrogen and oxygen atoms in total. The first-order chi connectivity index (χ1) is 9.99. The van der Waals surface area contributed by atoms with Crippen molar-refractivity contribution in [1.82, 2.24) is 15.0 Å². The third-order valence-corrected chi connectivity index (χ3v) is 5.09. The second-order valence-electron chi connectivity index (χ2n) is 4.97. The van der Waals surface area contributed by atoms with Crippen LogP contribution in [0.3, 0.4) is 0 Å². The molecule has 0 unspecified atom stereocenters. The highest BCUT2D eigenvalue weighted by atomic mass is 127. The van der Waals surface area contributed by atoms with Gasteiger partial charge < -0.3 is 10.5 Å². The number of nitrogen functional groups attached to an aromatic ring is 1. The Kier molecular flexibility index (Phi) is 3.48. The Labute approximate surface area is 136 Å². The summed E-state index contributed by atoms with van der Waals surface area (Å²) in [6.45, 7) is 4.17. The van der Waals surface area contributed by atoms with Crippen LogP contribution in [0.25, 0.3) is 16.7 Å². The number of aryl methyl sites for hydroxylation is 2. The average molecular weight is 394 g/mol. The number of nitrogens with zero attached hydrogens (tertiary/aromatic N) is 3. The van der Waals surface area contributed by atoms with Gasteiger partial charge >= 0.3 is 0 Å². The lowest BCUT2D eigenvalue weighted by Gasteiger charge is -2.06. The van der Waals surface area contributed by atoms with E-state index in [1.807, 2.05) is 0 Å². The molecule has 0 saturated carbocycles. The van der Waals surface area contributed by atoms with Crippen molar-refractivity contribution in [1.29, 1.82) is 0 Å². The van der Waals surface area contributed by atoms with E-state index in [2.05, 4.69) is 58.8 Å². The van der Waals surface area contributed by atoms with Crippen molar-refractivity contribution >= 4 is 39.3 Å². The number of hydrogen-bond acceptors (Lipinski definition) is 4. The lowest BCUT2D eigenvalue weighted by molar-refractivity contribution is 0.417. The molecule has 21 heavy (non-hydrogen) atoms. The Morgan fingerprint density at radius 2 is 1.62 bits per heavy atom. The largest absolute Gasteiger partial charge is 0.495 e. The second-order valence-corrected chi connectivity index (χ2v) is 6.04. The molecule has 1 heterocycles. The van der Waals surface area contributed by atoms with E-state index >= 15 is 0 Å². The Morgan fingerprint density at radius 1 is 1.05 bits per heavy atom. The first kappa shape index (κ1) is 14.1. The van der Waals surface area contributed by atoms with Gasteiger partial charge in [0, 0.05) is 9.64 Å². The van der Waals surface area contributed by atoms with Gasteiger partial charge in [-0.25, -0.2) is 0 Å². The summed E-state index contributed by atoms with van der Waals surface area (Å²) in [4.78, 5) is 1.64. The van der Waals surface area contributed by atoms with E-state index in [0.717, 1.165) is 16.7 Å². The Hall–Kier alpha value is -1.83. The second kappa shape index (κ2) is 5.18. The molecule has 3 rings (SSSR count). The van der Waals surface area contributed by atoms with Crippen LogP contribution in [0.1, 0.15) is 11.1 Å². The van der Waals surface area contributed by atoms with Crippen molar-refractivity contribution in [3.8, 4) is 11.4 Å². The maximum absolute atomic E-state index is 5.91. The molecule has 0 bridgehead atoms. The highest BCUT2D eigenvalue weighted by molar-refractivity contribution is 14.1. The summed E-state index contributed by atoms with van der Waals surface area (Å²) in [6.07, 6.45) is 0. The summed E-state index contributed by atoms with van der Waals surface area (Å²) in [5, 5.41) is 9.01. The van der Waals surface area contributed by atoms with Crippen molar-refractivity contribution in [3.63, 3.8) is 0 Å². The van der Waals surface area contributed by atoms with Crippen LogP contribution < -0.4 is 10.5 Å². The van der Waals surface area contributed by atoms with Crippen LogP contribution in [-0.2, 0) is 0 Å². The minimum Gasteiger partial charge on any atom is -0.495 e. The summed E-state index contributed by atoms with van der Waals surface area (Å²) < 4.78 is 6.48. The maximum atomic E-state index is 5.91. The van der Waals surface area contributed by atoms with Crippen molar-refractivity contribution < 1.29 is 4.74 Å². The van der Waals surface area contributed by atoms with Gasteiger partial charge in [0.1, 0.15) is 16.8 Å². The fraction of sp³-hybridized carbons (Fsp3) is 0.200. The molecule has 108 valence electrons. The van der Waals surface area contributed by atoms with E-state index in [4.69, 9.17) is 10.5 Å². The number of halogens is 1. The highest BCUT2D eigenvalue weighted by Crippen LogP contribution is 2.27. The molecule has 3 aromatic rings. The number of methoxy groups -OCH3 is 1. The van der Waals surface area contributed by atoms with E-state index < -0.39 is 0 Å². The molecule has 0 spiro atoms. The summed E-state index contributed by atoms with van der Waals surface area (Å²) in [5.74, 6) is 0.615. The third-order valence-electron chi connectivity index (χ3n) is 3.38. The van der Waals surface area contributed by atoms with E-state index in [1.54, 1.807) is 24.0 Å². The number of hydrogen-bond donors (Lipinski definition) is 1. The van der Waals surface area contributed by atoms with Crippen LogP contribution in [0.5, 0.6) is 5.75 Å². The zero-order valence-electron chi connectivity index (χ0n) is 12.0. The van der Waals surface area contributed by atoms with Crippen LogP contribution in [0.4, 0.5) is 5.69 Å². The molecular formula is C15H15IN4O. The van der Waals surface area contributed by atoms with Gasteiger partial charge in [0.2, 0.25) is 0 Å². The fourth-order valence-corrected chi connectivity index (χ4v) is 2.60. The Balaban J connectivity index is 2.17. The number of rotatable bonds is 2. The molecule has 2 aromatic carbocycles. The monoisotopic (exact) mass is 394 g/mol. The Bertz CT molecular complexity index is 818. The minimum absolute atomic E-state index is 0.562. The number of aromatic nitrogens is 3. The predicted molar refractivity (Wildman–Crippen MR) is 92.0 cm³/mol. The van der Waals surface area contributed by atoms with Gasteiger partial charge in [0.05, 0.1) is 18.5 Å². The van der Waals surface area contributed by atoms with Crippen LogP contribution in [0.2, 0.25) is 0 Å². The number of nitrogens with two attached hydrogens (primary N) is 1. The topological polar surface area (TPSA) is 66.0 Å². The first-order valence-electron chi connectivity index (χ1n) is 6.47. The third kappa shape index (κ3) is 2.44. The van der Waals surface area contributed by atoms with Gasteiger partial charge in [-0.3, -0.25) is 0 Å². The molecule has 1 aromatic heterocycles. The molecule has 0 saturated heterocycles. The number of anilines is 1. The zero-order chi connectivity index (χ0) is 15.1. The predicted octanol–water partition coefficient (Wildman–Crippen LogP) is 3.23. The maximum Gasteiger partial charge on any atom is 0.144 e. The van der Waals surface area contributed by atoms with Crippen molar-refractivity contribution in [2.75, 3.05) is 12.8 Å². The highest BCUT2D eigenvalue weighted by Gasteiger charge is 2.10. The van der Waals surface area contributed by atoms with E-state index in [-0.39, 0.29) is 0 Å². The SMILES string of the molecule is COc1cc2nn(-c3cc(C)c(I)c(C)c3)nc2cc1N. The molecule has 0 aliphatic carbocycles. The van der Waals surface area contributed by atoms with Gasteiger partial charge in [0.25, 0.3) is 0 Å². The molecule has 0 atom stereocenters. The van der Waals surface area contributed by atoms with Crippen LogP contribution >= 0.6 is 22.6 Å². The molecule has 6 heteroatoms. The molecular weight excluding hydrogens is 379 g/mol. The van der Waals surface area contributed by atoms with Gasteiger partial charge in [-0.2, -0.15) is 4.80 Å². The first-order valence-corrected chi connectivity index (χ1v) is 7.55. The lowest BCUT2D eigenvalue weighted by atomic mass is 10.1. The van der Waals surface area contributed by atoms with E-state index in [1.165, 1.54) is 14.7 Å². The summed E-state index contributed by atoms with van der Waals surface area (Å²) in [5.41, 5.74) is 11.4. The van der Waals surface area contributed by atoms with Gasteiger partial charge in [-0.15, -0.1) is 10.2 Å². The van der Waals surface area contributed by atoms with E-state index in [0.29, 0.717) is 11.4 Å². The van der Waals surface area contributed by atoms with Crippen molar-refractivity contribution in [2.24, 2.45) is 0 Å². The number of fused-ring (bicyclic) bond motifs is 1. The van der Waals surface area contributed by atoms with Crippen LogP contribution in [0.15, 0.2) is 24.3 Å². The molecule has 0 aliphatic rings. The van der Waals surface area contributed by atoms with Crippen molar-refractivity contribution in [3.05, 3.63) is 39.0 Å². The summed E-state index contributed by atoms with van der Waals surface area (Å²) >= 11 is 2.35. The lowest BCUT2D eigenvalue weighted by Crippen LogP contribution is -2.01. The quantitative estimate of drug-likeness (QED) is 0.536. The van der Waals surface area contributed by atoms with Gasteiger partial charge in [-0.1, -0.05) is 0 Å². The fourth-order valence-electron chi connectivity index (χ4n) is 2.29. The molecule has 2 N–H and O–H groups in total. The van der Waals surface area contributed by atoms with E-state index in [9.17, 15) is 0 Å². The standard InChI is InChI=1S/C15H15IN4O/c1-8-4-10(5-9(2)15(8)16)20-18-12-6-11(17)14(21-3)7-13(12)19-20/h4-7H,17H2,1-3H3. The Morgan fingerprint density at radius 3 is 2.19 bits per heavy atom. The molecule has 0 radical (unpaired) electrons. The van der Waals surface area contributed by atoms with Crippen LogP contribution in [-0.4, -0.2) is 22.1 Å². The number of benzene rings is 2. The van der Waals surface area contributed by atoms with Gasteiger partial charge in [-0.05, 0) is 65.8 Å². The normalized spacial score (nSPS) is 11.0. The molecule has 0 fully saturated rings. The number of ether oxygens (including phenoxy) is 1. The van der Waals surface area contributed by atoms with Crippen molar-refractivity contribution in [2.45, 2.75) is 13.8 Å². The summed E-state index contributed by atoms with van der Waals surface area (Å²) in [7, 11) is 1.59. The van der Waals surface area contributed by atoms with Gasteiger partial charge in [0.15, 0.2) is 0 Å². The molecule has 0 amide bonds.